The number of aryl methyl sites for hydroxylation is 1. The number of amides is 2. The van der Waals surface area contributed by atoms with E-state index in [4.69, 9.17) is 0 Å². The van der Waals surface area contributed by atoms with Crippen molar-refractivity contribution in [3.05, 3.63) is 65.7 Å². The summed E-state index contributed by atoms with van der Waals surface area (Å²) in [6.07, 6.45) is 1.19. The van der Waals surface area contributed by atoms with E-state index >= 15 is 0 Å². The minimum Gasteiger partial charge on any atom is -0.352 e. The molecule has 0 bridgehead atoms. The maximum Gasteiger partial charge on any atom is 0.243 e. The molecular formula is C26H34N4O4S. The van der Waals surface area contributed by atoms with Crippen molar-refractivity contribution in [3.8, 4) is 0 Å². The van der Waals surface area contributed by atoms with Gasteiger partial charge in [0.1, 0.15) is 0 Å². The van der Waals surface area contributed by atoms with E-state index in [1.165, 1.54) is 9.87 Å². The third-order valence-electron chi connectivity index (χ3n) is 6.70. The van der Waals surface area contributed by atoms with Crippen LogP contribution in [-0.2, 0) is 26.2 Å². The smallest absolute Gasteiger partial charge is 0.243 e. The Morgan fingerprint density at radius 1 is 0.914 bits per heavy atom. The molecule has 2 heterocycles. The second kappa shape index (κ2) is 11.3. The maximum atomic E-state index is 12.8. The first-order chi connectivity index (χ1) is 16.8. The number of carbonyl (C=O) groups excluding carboxylic acids is 2. The van der Waals surface area contributed by atoms with Crippen LogP contribution >= 0.6 is 0 Å². The van der Waals surface area contributed by atoms with E-state index in [2.05, 4.69) is 22.3 Å². The molecule has 2 aliphatic heterocycles. The number of sulfonamides is 1. The lowest BCUT2D eigenvalue weighted by Crippen LogP contribution is -2.50. The van der Waals surface area contributed by atoms with Gasteiger partial charge in [0.15, 0.2) is 0 Å². The lowest BCUT2D eigenvalue weighted by atomic mass is 10.2. The molecule has 2 saturated heterocycles. The molecule has 0 unspecified atom stereocenters. The van der Waals surface area contributed by atoms with Gasteiger partial charge in [-0.3, -0.25) is 14.5 Å². The molecule has 0 aromatic heterocycles. The highest BCUT2D eigenvalue weighted by Crippen LogP contribution is 2.19. The van der Waals surface area contributed by atoms with Crippen molar-refractivity contribution < 1.29 is 18.0 Å². The Kier molecular flexibility index (Phi) is 8.20. The third kappa shape index (κ3) is 6.68. The second-order valence-corrected chi connectivity index (χ2v) is 11.3. The molecule has 2 aromatic carbocycles. The van der Waals surface area contributed by atoms with Crippen LogP contribution in [0.2, 0.25) is 0 Å². The van der Waals surface area contributed by atoms with Gasteiger partial charge in [0.2, 0.25) is 21.8 Å². The maximum absolute atomic E-state index is 12.8. The summed E-state index contributed by atoms with van der Waals surface area (Å²) in [4.78, 5) is 29.3. The summed E-state index contributed by atoms with van der Waals surface area (Å²) in [7, 11) is -3.56. The zero-order valence-electron chi connectivity index (χ0n) is 20.2. The molecule has 0 saturated carbocycles. The Labute approximate surface area is 207 Å². The van der Waals surface area contributed by atoms with Gasteiger partial charge in [0, 0.05) is 64.7 Å². The molecule has 2 amide bonds. The Bertz CT molecular complexity index is 1110. The van der Waals surface area contributed by atoms with Crippen molar-refractivity contribution in [3.63, 3.8) is 0 Å². The summed E-state index contributed by atoms with van der Waals surface area (Å²) >= 11 is 0. The molecule has 1 atom stereocenters. The Hall–Kier alpha value is -2.75. The monoisotopic (exact) mass is 498 g/mol. The first kappa shape index (κ1) is 25.3. The molecule has 9 heteroatoms. The van der Waals surface area contributed by atoms with E-state index in [0.29, 0.717) is 13.1 Å². The number of nitrogens with zero attached hydrogens (tertiary/aromatic N) is 3. The van der Waals surface area contributed by atoms with Crippen LogP contribution in [0.25, 0.3) is 0 Å². The standard InChI is InChI=1S/C26H34N4O4S/c1-21-7-9-24(10-8-21)35(33,34)30-17-15-29(16-18-30)26(32)12-11-25(31)27-23-13-14-28(20-23)19-22-5-3-2-4-6-22/h2-10,23H,11-20H2,1H3,(H,27,31)/t23-/m1/s1. The normalized spacial score (nSPS) is 19.6. The van der Waals surface area contributed by atoms with Crippen molar-refractivity contribution in [1.82, 2.24) is 19.4 Å². The van der Waals surface area contributed by atoms with E-state index in [9.17, 15) is 18.0 Å². The van der Waals surface area contributed by atoms with E-state index in [1.54, 1.807) is 29.2 Å². The summed E-state index contributed by atoms with van der Waals surface area (Å²) in [6, 6.07) is 17.2. The second-order valence-electron chi connectivity index (χ2n) is 9.37. The lowest BCUT2D eigenvalue weighted by molar-refractivity contribution is -0.134. The van der Waals surface area contributed by atoms with E-state index in [-0.39, 0.29) is 48.7 Å². The minimum absolute atomic E-state index is 0.106. The molecule has 0 spiro atoms. The van der Waals surface area contributed by atoms with Crippen LogP contribution < -0.4 is 5.32 Å². The van der Waals surface area contributed by atoms with Gasteiger partial charge in [-0.05, 0) is 31.0 Å². The topological polar surface area (TPSA) is 90.0 Å². The van der Waals surface area contributed by atoms with Gasteiger partial charge in [0.25, 0.3) is 0 Å². The first-order valence-electron chi connectivity index (χ1n) is 12.2. The highest BCUT2D eigenvalue weighted by Gasteiger charge is 2.30. The molecule has 8 nitrogen and oxygen atoms in total. The van der Waals surface area contributed by atoms with Gasteiger partial charge in [-0.2, -0.15) is 4.31 Å². The molecule has 2 aromatic rings. The van der Waals surface area contributed by atoms with Crippen LogP contribution in [0.5, 0.6) is 0 Å². The lowest BCUT2D eigenvalue weighted by Gasteiger charge is -2.34. The highest BCUT2D eigenvalue weighted by molar-refractivity contribution is 7.89. The predicted octanol–water partition coefficient (Wildman–Crippen LogP) is 2.00. The third-order valence-corrected chi connectivity index (χ3v) is 8.62. The number of nitrogens with one attached hydrogen (secondary N) is 1. The van der Waals surface area contributed by atoms with Crippen LogP contribution in [0.3, 0.4) is 0 Å². The van der Waals surface area contributed by atoms with Crippen molar-refractivity contribution in [2.24, 2.45) is 0 Å². The number of hydrogen-bond acceptors (Lipinski definition) is 5. The molecule has 2 aliphatic rings. The molecule has 0 aliphatic carbocycles. The fourth-order valence-corrected chi connectivity index (χ4v) is 6.07. The predicted molar refractivity (Wildman–Crippen MR) is 134 cm³/mol. The average Bonchev–Trinajstić information content (AvgIpc) is 3.30. The molecule has 2 fully saturated rings. The summed E-state index contributed by atoms with van der Waals surface area (Å²) in [5, 5.41) is 3.06. The van der Waals surface area contributed by atoms with Crippen molar-refractivity contribution in [2.45, 2.75) is 43.7 Å². The average molecular weight is 499 g/mol. The molecule has 1 N–H and O–H groups in total. The van der Waals surface area contributed by atoms with Crippen molar-refractivity contribution in [1.29, 1.82) is 0 Å². The van der Waals surface area contributed by atoms with Crippen LogP contribution in [0.15, 0.2) is 59.5 Å². The Morgan fingerprint density at radius 2 is 1.60 bits per heavy atom. The van der Waals surface area contributed by atoms with Crippen LogP contribution in [-0.4, -0.2) is 79.6 Å². The van der Waals surface area contributed by atoms with Gasteiger partial charge in [-0.25, -0.2) is 8.42 Å². The number of piperazine rings is 1. The van der Waals surface area contributed by atoms with Gasteiger partial charge in [0.05, 0.1) is 4.90 Å². The minimum atomic E-state index is -3.56. The van der Waals surface area contributed by atoms with Gasteiger partial charge < -0.3 is 10.2 Å². The Morgan fingerprint density at radius 3 is 2.29 bits per heavy atom. The van der Waals surface area contributed by atoms with Gasteiger partial charge in [-0.15, -0.1) is 0 Å². The Balaban J connectivity index is 1.17. The van der Waals surface area contributed by atoms with Crippen molar-refractivity contribution >= 4 is 21.8 Å². The highest BCUT2D eigenvalue weighted by atomic mass is 32.2. The number of hydrogen-bond donors (Lipinski definition) is 1. The van der Waals surface area contributed by atoms with Crippen LogP contribution in [0, 0.1) is 6.92 Å². The molecule has 4 rings (SSSR count). The van der Waals surface area contributed by atoms with Crippen LogP contribution in [0.1, 0.15) is 30.4 Å². The zero-order chi connectivity index (χ0) is 24.8. The number of benzene rings is 2. The summed E-state index contributed by atoms with van der Waals surface area (Å²) in [6.45, 7) is 5.72. The quantitative estimate of drug-likeness (QED) is 0.601. The number of rotatable bonds is 8. The fraction of sp³-hybridized carbons (Fsp3) is 0.462. The van der Waals surface area contributed by atoms with Crippen molar-refractivity contribution in [2.75, 3.05) is 39.3 Å². The number of carbonyl (C=O) groups is 2. The molecule has 0 radical (unpaired) electrons. The van der Waals surface area contributed by atoms with Crippen LogP contribution in [0.4, 0.5) is 0 Å². The number of likely N-dealkylation sites (tertiary alicyclic amines) is 1. The largest absolute Gasteiger partial charge is 0.352 e. The summed E-state index contributed by atoms with van der Waals surface area (Å²) < 4.78 is 27.1. The SMILES string of the molecule is Cc1ccc(S(=O)(=O)N2CCN(C(=O)CCC(=O)N[C@@H]3CCN(Cc4ccccc4)C3)CC2)cc1. The van der Waals surface area contributed by atoms with E-state index < -0.39 is 10.0 Å². The molecular weight excluding hydrogens is 464 g/mol. The van der Waals surface area contributed by atoms with E-state index in [0.717, 1.165) is 31.6 Å². The summed E-state index contributed by atoms with van der Waals surface area (Å²) in [5.74, 6) is -0.213. The van der Waals surface area contributed by atoms with E-state index in [1.807, 2.05) is 25.1 Å². The van der Waals surface area contributed by atoms with Gasteiger partial charge in [-0.1, -0.05) is 48.0 Å². The van der Waals surface area contributed by atoms with Gasteiger partial charge >= 0.3 is 0 Å². The fourth-order valence-electron chi connectivity index (χ4n) is 4.65. The molecule has 35 heavy (non-hydrogen) atoms. The first-order valence-corrected chi connectivity index (χ1v) is 13.7. The summed E-state index contributed by atoms with van der Waals surface area (Å²) in [5.41, 5.74) is 2.26. The zero-order valence-corrected chi connectivity index (χ0v) is 21.0. The molecule has 188 valence electrons.